The first-order valence-electron chi connectivity index (χ1n) is 12.7. The zero-order valence-corrected chi connectivity index (χ0v) is 21.3. The van der Waals surface area contributed by atoms with Crippen LogP contribution in [0.3, 0.4) is 0 Å². The molecule has 0 aromatic carbocycles. The molecule has 0 saturated heterocycles. The van der Waals surface area contributed by atoms with Crippen LogP contribution in [0.25, 0.3) is 11.2 Å². The average molecular weight is 468 g/mol. The zero-order valence-electron chi connectivity index (χ0n) is 21.3. The maximum Gasteiger partial charge on any atom is 0.280 e. The molecule has 0 fully saturated rings. The molecule has 2 rings (SSSR count). The van der Waals surface area contributed by atoms with Crippen molar-refractivity contribution in [2.45, 2.75) is 85.8 Å². The minimum Gasteiger partial charge on any atom is -0.394 e. The Morgan fingerprint density at radius 3 is 1.97 bits per heavy atom. The molecule has 0 spiro atoms. The Bertz CT molecular complexity index is 783. The van der Waals surface area contributed by atoms with Gasteiger partial charge in [0.2, 0.25) is 5.95 Å². The first kappa shape index (κ1) is 29.1. The quantitative estimate of drug-likeness (QED) is 0.256. The molecule has 190 valence electrons. The van der Waals surface area contributed by atoms with E-state index in [4.69, 9.17) is 15.6 Å². The summed E-state index contributed by atoms with van der Waals surface area (Å²) in [6.45, 7) is 15.3. The zero-order chi connectivity index (χ0) is 24.5. The summed E-state index contributed by atoms with van der Waals surface area (Å²) in [7, 11) is 0. The molecule has 0 atom stereocenters. The second kappa shape index (κ2) is 16.6. The normalized spacial score (nSPS) is 11.5. The van der Waals surface area contributed by atoms with Gasteiger partial charge in [-0.25, -0.2) is 4.98 Å². The lowest BCUT2D eigenvalue weighted by atomic mass is 10.1. The van der Waals surface area contributed by atoms with Crippen molar-refractivity contribution in [1.29, 1.82) is 0 Å². The van der Waals surface area contributed by atoms with Crippen molar-refractivity contribution in [1.82, 2.24) is 19.5 Å². The first-order valence-corrected chi connectivity index (χ1v) is 12.7. The second-order valence-corrected chi connectivity index (χ2v) is 8.75. The number of nitrogens with two attached hydrogens (primary N) is 1. The smallest absolute Gasteiger partial charge is 0.280 e. The molecule has 2 aromatic heterocycles. The summed E-state index contributed by atoms with van der Waals surface area (Å²) < 4.78 is 8.05. The number of unbranched alkanes of at least 4 members (excludes halogenated alkanes) is 4. The molecule has 33 heavy (non-hydrogen) atoms. The third-order valence-corrected chi connectivity index (χ3v) is 5.90. The van der Waals surface area contributed by atoms with Gasteiger partial charge in [0.15, 0.2) is 11.2 Å². The fourth-order valence-corrected chi connectivity index (χ4v) is 3.94. The van der Waals surface area contributed by atoms with Crippen LogP contribution in [0.4, 0.5) is 5.95 Å². The number of quaternary nitrogens is 1. The minimum absolute atomic E-state index is 0.0291. The van der Waals surface area contributed by atoms with Crippen LogP contribution in [-0.4, -0.2) is 68.5 Å². The van der Waals surface area contributed by atoms with Crippen LogP contribution >= 0.6 is 0 Å². The lowest BCUT2D eigenvalue weighted by Gasteiger charge is -2.39. The number of aliphatic hydroxyl groups is 1. The highest BCUT2D eigenvalue weighted by atomic mass is 16.5. The Morgan fingerprint density at radius 2 is 1.52 bits per heavy atom. The Labute approximate surface area is 199 Å². The number of anilines is 1. The van der Waals surface area contributed by atoms with Gasteiger partial charge in [-0.2, -0.15) is 4.98 Å². The maximum atomic E-state index is 11.4. The van der Waals surface area contributed by atoms with Crippen molar-refractivity contribution in [3.63, 3.8) is 0 Å². The molecule has 0 aliphatic heterocycles. The molecule has 0 bridgehead atoms. The summed E-state index contributed by atoms with van der Waals surface area (Å²) in [5.41, 5.74) is 5.60. The van der Waals surface area contributed by atoms with E-state index >= 15 is 0 Å². The largest absolute Gasteiger partial charge is 0.394 e. The van der Waals surface area contributed by atoms with E-state index in [9.17, 15) is 4.79 Å². The van der Waals surface area contributed by atoms with Gasteiger partial charge in [0.05, 0.1) is 45.7 Å². The van der Waals surface area contributed by atoms with Gasteiger partial charge in [-0.1, -0.05) is 53.4 Å². The summed E-state index contributed by atoms with van der Waals surface area (Å²) in [5.74, 6) is 0.0291. The van der Waals surface area contributed by atoms with E-state index in [-0.39, 0.29) is 37.0 Å². The topological polar surface area (TPSA) is 119 Å². The summed E-state index contributed by atoms with van der Waals surface area (Å²) in [6.07, 6.45) is 12.5. The first-order chi connectivity index (χ1) is 16.0. The van der Waals surface area contributed by atoms with Crippen molar-refractivity contribution < 1.29 is 14.3 Å². The number of fused-ring (bicyclic) bond motifs is 1. The number of aromatic amines is 1. The number of aliphatic hydroxyl groups excluding tert-OH is 1. The van der Waals surface area contributed by atoms with E-state index in [0.29, 0.717) is 5.65 Å². The molecule has 0 radical (unpaired) electrons. The predicted octanol–water partition coefficient (Wildman–Crippen LogP) is 3.67. The Balaban J connectivity index is 0.000000330. The summed E-state index contributed by atoms with van der Waals surface area (Å²) >= 11 is 0. The van der Waals surface area contributed by atoms with Crippen LogP contribution in [0.15, 0.2) is 11.1 Å². The predicted molar refractivity (Wildman–Crippen MR) is 135 cm³/mol. The Kier molecular flexibility index (Phi) is 14.6. The van der Waals surface area contributed by atoms with Gasteiger partial charge in [-0.3, -0.25) is 14.3 Å². The monoisotopic (exact) mass is 467 g/mol. The number of nitrogen functional groups attached to an aromatic ring is 1. The third-order valence-electron chi connectivity index (χ3n) is 5.90. The van der Waals surface area contributed by atoms with E-state index < -0.39 is 0 Å². The molecule has 0 saturated carbocycles. The lowest BCUT2D eigenvalue weighted by Crippen LogP contribution is -2.50. The molecule has 9 nitrogen and oxygen atoms in total. The van der Waals surface area contributed by atoms with Gasteiger partial charge < -0.3 is 20.1 Å². The molecule has 4 N–H and O–H groups in total. The van der Waals surface area contributed by atoms with E-state index in [2.05, 4.69) is 42.6 Å². The Morgan fingerprint density at radius 1 is 1.00 bits per heavy atom. The number of hydrogen-bond acceptors (Lipinski definition) is 6. The Hall–Kier alpha value is -1.97. The summed E-state index contributed by atoms with van der Waals surface area (Å²) in [4.78, 5) is 21.6. The van der Waals surface area contributed by atoms with Crippen LogP contribution in [0.2, 0.25) is 0 Å². The number of imidazole rings is 1. The number of ether oxygens (including phenoxy) is 1. The van der Waals surface area contributed by atoms with E-state index in [0.717, 1.165) is 0 Å². The SMILES string of the molecule is CCCC[N+](CCCC)(CCCC)CCCC.Nc1nc2c(ncn2COCCO)c(=O)[nH]1. The number of nitrogens with one attached hydrogen (secondary N) is 1. The third kappa shape index (κ3) is 10.2. The number of H-pyrrole nitrogens is 1. The van der Waals surface area contributed by atoms with E-state index in [1.807, 2.05) is 0 Å². The van der Waals surface area contributed by atoms with E-state index in [1.54, 1.807) is 0 Å². The average Bonchev–Trinajstić information content (AvgIpc) is 3.22. The number of hydrogen-bond donors (Lipinski definition) is 3. The second-order valence-electron chi connectivity index (χ2n) is 8.75. The van der Waals surface area contributed by atoms with Crippen molar-refractivity contribution in [2.75, 3.05) is 45.1 Å². The van der Waals surface area contributed by atoms with Gasteiger partial charge in [0, 0.05) is 0 Å². The fraction of sp³-hybridized carbons (Fsp3) is 0.792. The van der Waals surface area contributed by atoms with Gasteiger partial charge in [-0.15, -0.1) is 0 Å². The fourth-order valence-electron chi connectivity index (χ4n) is 3.94. The van der Waals surface area contributed by atoms with Crippen LogP contribution in [-0.2, 0) is 11.5 Å². The van der Waals surface area contributed by atoms with Crippen molar-refractivity contribution >= 4 is 17.1 Å². The number of aromatic nitrogens is 4. The molecular weight excluding hydrogens is 420 g/mol. The standard InChI is InChI=1S/C16H36N.C8H11N5O3/c1-5-9-13-17(14-10-6-2,15-11-7-3)16-12-8-4;9-8-11-6-5(7(15)12-8)10-3-13(6)4-16-2-1-14/h5-16H2,1-4H3;3,14H,1-2,4H2,(H3,9,11,12,15)/q+1;. The van der Waals surface area contributed by atoms with Crippen LogP contribution < -0.4 is 11.3 Å². The highest BCUT2D eigenvalue weighted by Crippen LogP contribution is 2.16. The van der Waals surface area contributed by atoms with Gasteiger partial charge in [0.1, 0.15) is 6.73 Å². The van der Waals surface area contributed by atoms with Gasteiger partial charge in [0.25, 0.3) is 5.56 Å². The van der Waals surface area contributed by atoms with Crippen molar-refractivity contribution in [2.24, 2.45) is 0 Å². The van der Waals surface area contributed by atoms with Crippen LogP contribution in [0.1, 0.15) is 79.1 Å². The molecule has 0 amide bonds. The molecule has 0 unspecified atom stereocenters. The van der Waals surface area contributed by atoms with Crippen LogP contribution in [0.5, 0.6) is 0 Å². The molecule has 0 aliphatic carbocycles. The molecule has 9 heteroatoms. The van der Waals surface area contributed by atoms with Crippen molar-refractivity contribution in [3.8, 4) is 0 Å². The molecule has 2 heterocycles. The highest BCUT2D eigenvalue weighted by molar-refractivity contribution is 5.70. The highest BCUT2D eigenvalue weighted by Gasteiger charge is 2.24. The van der Waals surface area contributed by atoms with E-state index in [1.165, 1.54) is 92.9 Å². The minimum atomic E-state index is -0.386. The number of nitrogens with zero attached hydrogens (tertiary/aromatic N) is 4. The molecule has 2 aromatic rings. The molecule has 0 aliphatic rings. The van der Waals surface area contributed by atoms with Gasteiger partial charge in [-0.05, 0) is 25.7 Å². The number of rotatable bonds is 16. The van der Waals surface area contributed by atoms with Crippen LogP contribution in [0, 0.1) is 0 Å². The summed E-state index contributed by atoms with van der Waals surface area (Å²) in [6, 6.07) is 0. The van der Waals surface area contributed by atoms with Gasteiger partial charge >= 0.3 is 0 Å². The summed E-state index contributed by atoms with van der Waals surface area (Å²) in [5, 5.41) is 8.56. The maximum absolute atomic E-state index is 11.4. The van der Waals surface area contributed by atoms with Crippen molar-refractivity contribution in [3.05, 3.63) is 16.7 Å². The molecular formula is C24H47N6O3+. The lowest BCUT2D eigenvalue weighted by molar-refractivity contribution is -0.929.